The first kappa shape index (κ1) is 27.4. The highest BCUT2D eigenvalue weighted by Gasteiger charge is 2.19. The van der Waals surface area contributed by atoms with Crippen molar-refractivity contribution in [3.63, 3.8) is 0 Å². The van der Waals surface area contributed by atoms with Crippen molar-refractivity contribution in [2.45, 2.75) is 13.0 Å². The number of halogens is 3. The van der Waals surface area contributed by atoms with Crippen LogP contribution in [0, 0.1) is 6.92 Å². The molecule has 3 rings (SSSR count). The molecule has 2 heterocycles. The second-order valence-corrected chi connectivity index (χ2v) is 6.56. The summed E-state index contributed by atoms with van der Waals surface area (Å²) in [4.78, 5) is 25.3. The van der Waals surface area contributed by atoms with Gasteiger partial charge in [-0.25, -0.2) is 9.97 Å². The summed E-state index contributed by atoms with van der Waals surface area (Å²) in [7, 11) is 0. The first-order chi connectivity index (χ1) is 12.6. The van der Waals surface area contributed by atoms with Gasteiger partial charge in [0.25, 0.3) is 0 Å². The molecule has 7 nitrogen and oxygen atoms in total. The number of aryl methyl sites for hydroxylation is 1. The zero-order chi connectivity index (χ0) is 18.4. The van der Waals surface area contributed by atoms with Crippen molar-refractivity contribution in [2.75, 3.05) is 44.2 Å². The maximum atomic E-state index is 12.2. The van der Waals surface area contributed by atoms with Gasteiger partial charge < -0.3 is 16.0 Å². The van der Waals surface area contributed by atoms with Crippen LogP contribution < -0.4 is 16.0 Å². The maximum absolute atomic E-state index is 12.2. The predicted octanol–water partition coefficient (Wildman–Crippen LogP) is 1.99. The molecule has 29 heavy (non-hydrogen) atoms. The normalized spacial score (nSPS) is 14.6. The molecule has 1 aliphatic heterocycles. The highest BCUT2D eigenvalue weighted by atomic mass is 35.5. The number of anilines is 1. The second-order valence-electron chi connectivity index (χ2n) is 6.56. The number of rotatable bonds is 6. The van der Waals surface area contributed by atoms with Crippen LogP contribution in [0.3, 0.4) is 0 Å². The Kier molecular flexibility index (Phi) is 12.8. The van der Waals surface area contributed by atoms with Gasteiger partial charge in [-0.05, 0) is 18.6 Å². The Bertz CT molecular complexity index is 712. The summed E-state index contributed by atoms with van der Waals surface area (Å²) >= 11 is 0. The van der Waals surface area contributed by atoms with Gasteiger partial charge in [0.05, 0.1) is 0 Å². The molecule has 1 aromatic carbocycles. The zero-order valence-electron chi connectivity index (χ0n) is 16.4. The Morgan fingerprint density at radius 1 is 1.07 bits per heavy atom. The number of nitrogens with one attached hydrogen (secondary N) is 1. The van der Waals surface area contributed by atoms with Crippen molar-refractivity contribution in [3.8, 4) is 0 Å². The Morgan fingerprint density at radius 2 is 1.66 bits per heavy atom. The fourth-order valence-corrected chi connectivity index (χ4v) is 3.00. The van der Waals surface area contributed by atoms with Gasteiger partial charge in [-0.2, -0.15) is 0 Å². The molecule has 0 radical (unpaired) electrons. The van der Waals surface area contributed by atoms with Crippen molar-refractivity contribution in [2.24, 2.45) is 5.73 Å². The summed E-state index contributed by atoms with van der Waals surface area (Å²) in [6, 6.07) is 8.96. The summed E-state index contributed by atoms with van der Waals surface area (Å²) in [5.74, 6) is 0.648. The number of carbonyl (C=O) groups excluding carboxylic acids is 1. The number of piperazine rings is 1. The third-order valence-electron chi connectivity index (χ3n) is 4.65. The van der Waals surface area contributed by atoms with Crippen molar-refractivity contribution in [1.82, 2.24) is 20.2 Å². The van der Waals surface area contributed by atoms with E-state index < -0.39 is 6.04 Å². The van der Waals surface area contributed by atoms with Crippen molar-refractivity contribution in [1.29, 1.82) is 0 Å². The van der Waals surface area contributed by atoms with E-state index in [4.69, 9.17) is 5.73 Å². The van der Waals surface area contributed by atoms with E-state index in [2.05, 4.69) is 25.1 Å². The van der Waals surface area contributed by atoms with E-state index in [1.165, 1.54) is 0 Å². The number of nitrogens with two attached hydrogens (primary N) is 1. The molecule has 1 atom stereocenters. The molecule has 1 amide bonds. The number of carbonyl (C=O) groups is 1. The van der Waals surface area contributed by atoms with E-state index in [1.54, 1.807) is 12.4 Å². The molecule has 10 heteroatoms. The van der Waals surface area contributed by atoms with Gasteiger partial charge in [0.1, 0.15) is 6.04 Å². The molecule has 1 unspecified atom stereocenters. The molecule has 0 aliphatic carbocycles. The van der Waals surface area contributed by atoms with Crippen LogP contribution >= 0.6 is 37.2 Å². The Hall–Kier alpha value is -1.64. The number of hydrogen-bond acceptors (Lipinski definition) is 6. The monoisotopic (exact) mass is 462 g/mol. The lowest BCUT2D eigenvalue weighted by molar-refractivity contribution is -0.122. The molecular formula is C19H29Cl3N6O. The summed E-state index contributed by atoms with van der Waals surface area (Å²) in [6.07, 6.45) is 3.53. The number of hydrogen-bond donors (Lipinski definition) is 2. The number of aromatic nitrogens is 2. The molecule has 0 saturated carbocycles. The number of nitrogens with zero attached hydrogens (tertiary/aromatic N) is 4. The van der Waals surface area contributed by atoms with E-state index in [0.29, 0.717) is 6.54 Å². The van der Waals surface area contributed by atoms with E-state index in [-0.39, 0.29) is 43.1 Å². The zero-order valence-corrected chi connectivity index (χ0v) is 18.8. The Morgan fingerprint density at radius 3 is 2.24 bits per heavy atom. The second kappa shape index (κ2) is 13.6. The molecule has 1 aromatic heterocycles. The Labute approximate surface area is 190 Å². The van der Waals surface area contributed by atoms with Gasteiger partial charge >= 0.3 is 0 Å². The largest absolute Gasteiger partial charge is 0.353 e. The summed E-state index contributed by atoms with van der Waals surface area (Å²) in [5.41, 5.74) is 8.04. The third kappa shape index (κ3) is 7.95. The van der Waals surface area contributed by atoms with Crippen LogP contribution in [0.1, 0.15) is 17.2 Å². The first-order valence-electron chi connectivity index (χ1n) is 8.97. The standard InChI is InChI=1S/C19H26N6O.3ClH/c1-15-3-5-16(6-4-15)17(20)18(26)21-9-10-24-11-13-25(14-12-24)19-22-7-2-8-23-19;;;/h2-8,17H,9-14,20H2,1H3,(H,21,26);3*1H. The molecule has 3 N–H and O–H groups in total. The molecular weight excluding hydrogens is 435 g/mol. The van der Waals surface area contributed by atoms with Gasteiger partial charge in [0.15, 0.2) is 0 Å². The molecule has 0 bridgehead atoms. The van der Waals surface area contributed by atoms with Crippen molar-refractivity contribution >= 4 is 49.1 Å². The molecule has 2 aromatic rings. The maximum Gasteiger partial charge on any atom is 0.241 e. The van der Waals surface area contributed by atoms with Crippen LogP contribution in [-0.2, 0) is 4.79 Å². The lowest BCUT2D eigenvalue weighted by atomic mass is 10.1. The Balaban J connectivity index is 0.00000261. The smallest absolute Gasteiger partial charge is 0.241 e. The molecule has 1 saturated heterocycles. The van der Waals surface area contributed by atoms with Crippen LogP contribution in [-0.4, -0.2) is 60.0 Å². The molecule has 1 aliphatic rings. The first-order valence-corrected chi connectivity index (χ1v) is 8.97. The average Bonchev–Trinajstić information content (AvgIpc) is 2.69. The predicted molar refractivity (Wildman–Crippen MR) is 124 cm³/mol. The average molecular weight is 464 g/mol. The van der Waals surface area contributed by atoms with E-state index in [0.717, 1.165) is 49.8 Å². The molecule has 0 spiro atoms. The number of amides is 1. The van der Waals surface area contributed by atoms with Gasteiger partial charge in [-0.3, -0.25) is 9.69 Å². The number of benzene rings is 1. The van der Waals surface area contributed by atoms with E-state index in [9.17, 15) is 4.79 Å². The quantitative estimate of drug-likeness (QED) is 0.681. The fourth-order valence-electron chi connectivity index (χ4n) is 3.00. The van der Waals surface area contributed by atoms with Crippen LogP contribution in [0.5, 0.6) is 0 Å². The molecule has 1 fully saturated rings. The van der Waals surface area contributed by atoms with Gasteiger partial charge in [-0.15, -0.1) is 37.2 Å². The van der Waals surface area contributed by atoms with Crippen LogP contribution in [0.4, 0.5) is 5.95 Å². The van der Waals surface area contributed by atoms with Gasteiger partial charge in [0.2, 0.25) is 11.9 Å². The summed E-state index contributed by atoms with van der Waals surface area (Å²) < 4.78 is 0. The fraction of sp³-hybridized carbons (Fsp3) is 0.421. The van der Waals surface area contributed by atoms with E-state index >= 15 is 0 Å². The SMILES string of the molecule is Cc1ccc(C(N)C(=O)NCCN2CCN(c3ncccn3)CC2)cc1.Cl.Cl.Cl. The van der Waals surface area contributed by atoms with E-state index in [1.807, 2.05) is 37.3 Å². The highest BCUT2D eigenvalue weighted by Crippen LogP contribution is 2.12. The third-order valence-corrected chi connectivity index (χ3v) is 4.65. The van der Waals surface area contributed by atoms with Gasteiger partial charge in [0, 0.05) is 51.7 Å². The van der Waals surface area contributed by atoms with Crippen molar-refractivity contribution < 1.29 is 4.79 Å². The van der Waals surface area contributed by atoms with Crippen LogP contribution in [0.25, 0.3) is 0 Å². The molecule has 162 valence electrons. The minimum absolute atomic E-state index is 0. The minimum atomic E-state index is -0.623. The minimum Gasteiger partial charge on any atom is -0.353 e. The van der Waals surface area contributed by atoms with Crippen LogP contribution in [0.15, 0.2) is 42.7 Å². The lowest BCUT2D eigenvalue weighted by Crippen LogP contribution is -2.49. The summed E-state index contributed by atoms with van der Waals surface area (Å²) in [5, 5.41) is 2.94. The van der Waals surface area contributed by atoms with Gasteiger partial charge in [-0.1, -0.05) is 29.8 Å². The highest BCUT2D eigenvalue weighted by molar-refractivity contribution is 5.86. The summed E-state index contributed by atoms with van der Waals surface area (Å²) in [6.45, 7) is 7.06. The van der Waals surface area contributed by atoms with Crippen molar-refractivity contribution in [3.05, 3.63) is 53.9 Å². The topological polar surface area (TPSA) is 87.4 Å². The van der Waals surface area contributed by atoms with Crippen LogP contribution in [0.2, 0.25) is 0 Å². The lowest BCUT2D eigenvalue weighted by Gasteiger charge is -2.34.